The minimum atomic E-state index is -0.557. The lowest BCUT2D eigenvalue weighted by Crippen LogP contribution is -2.28. The maximum Gasteiger partial charge on any atom is 0.172 e. The fourth-order valence-corrected chi connectivity index (χ4v) is 2.54. The number of carbonyl (C=O) groups is 1. The second kappa shape index (κ2) is 5.56. The first-order valence-electron chi connectivity index (χ1n) is 6.77. The average Bonchev–Trinajstić information content (AvgIpc) is 2.53. The Hall–Kier alpha value is -2.36. The molecule has 1 aliphatic rings. The molecule has 0 amide bonds. The van der Waals surface area contributed by atoms with Gasteiger partial charge < -0.3 is 9.47 Å². The molecule has 2 aromatic rings. The summed E-state index contributed by atoms with van der Waals surface area (Å²) >= 11 is 0. The molecule has 3 nitrogen and oxygen atoms in total. The van der Waals surface area contributed by atoms with Crippen molar-refractivity contribution >= 4 is 5.78 Å². The summed E-state index contributed by atoms with van der Waals surface area (Å²) in [6.45, 7) is 0.279. The van der Waals surface area contributed by atoms with Gasteiger partial charge in [-0.3, -0.25) is 4.79 Å². The van der Waals surface area contributed by atoms with Crippen molar-refractivity contribution in [1.29, 1.82) is 0 Å². The standard InChI is InChI=1S/C17H15FO3/c1-20-13-6-7-14(15(18)9-13)17(19)12-8-11-4-2-3-5-16(11)21-10-12/h2-7,9,12H,8,10H2,1H3. The van der Waals surface area contributed by atoms with Gasteiger partial charge in [-0.15, -0.1) is 0 Å². The lowest BCUT2D eigenvalue weighted by atomic mass is 9.89. The molecule has 0 radical (unpaired) electrons. The van der Waals surface area contributed by atoms with Crippen LogP contribution in [0.1, 0.15) is 15.9 Å². The Labute approximate surface area is 122 Å². The van der Waals surface area contributed by atoms with Gasteiger partial charge in [0.05, 0.1) is 25.2 Å². The molecule has 4 heteroatoms. The van der Waals surface area contributed by atoms with Crippen molar-refractivity contribution in [2.24, 2.45) is 5.92 Å². The molecule has 0 fully saturated rings. The Morgan fingerprint density at radius 2 is 2.10 bits per heavy atom. The van der Waals surface area contributed by atoms with E-state index in [0.29, 0.717) is 12.2 Å². The molecule has 1 aliphatic heterocycles. The van der Waals surface area contributed by atoms with Crippen molar-refractivity contribution in [2.45, 2.75) is 6.42 Å². The Kier molecular flexibility index (Phi) is 3.60. The van der Waals surface area contributed by atoms with E-state index >= 15 is 0 Å². The number of hydrogen-bond acceptors (Lipinski definition) is 3. The summed E-state index contributed by atoms with van der Waals surface area (Å²) in [4.78, 5) is 12.5. The minimum Gasteiger partial charge on any atom is -0.497 e. The summed E-state index contributed by atoms with van der Waals surface area (Å²) in [7, 11) is 1.46. The van der Waals surface area contributed by atoms with E-state index in [1.807, 2.05) is 24.3 Å². The lowest BCUT2D eigenvalue weighted by molar-refractivity contribution is 0.0851. The van der Waals surface area contributed by atoms with Gasteiger partial charge in [-0.05, 0) is 30.2 Å². The summed E-state index contributed by atoms with van der Waals surface area (Å²) in [5, 5.41) is 0. The summed E-state index contributed by atoms with van der Waals surface area (Å²) < 4.78 is 24.5. The van der Waals surface area contributed by atoms with E-state index in [-0.39, 0.29) is 23.9 Å². The number of para-hydroxylation sites is 1. The molecule has 0 bridgehead atoms. The number of ketones is 1. The first kappa shape index (κ1) is 13.6. The molecule has 2 aromatic carbocycles. The normalized spacial score (nSPS) is 16.8. The van der Waals surface area contributed by atoms with E-state index in [9.17, 15) is 9.18 Å². The van der Waals surface area contributed by atoms with Crippen LogP contribution in [0.4, 0.5) is 4.39 Å². The zero-order valence-corrected chi connectivity index (χ0v) is 11.6. The topological polar surface area (TPSA) is 35.5 Å². The summed E-state index contributed by atoms with van der Waals surface area (Å²) in [6.07, 6.45) is 0.570. The molecule has 0 spiro atoms. The molecule has 1 heterocycles. The summed E-state index contributed by atoms with van der Waals surface area (Å²) in [6, 6.07) is 11.9. The lowest BCUT2D eigenvalue weighted by Gasteiger charge is -2.24. The van der Waals surface area contributed by atoms with Gasteiger partial charge in [-0.1, -0.05) is 18.2 Å². The molecule has 0 saturated carbocycles. The van der Waals surface area contributed by atoms with Crippen molar-refractivity contribution in [3.05, 3.63) is 59.4 Å². The highest BCUT2D eigenvalue weighted by atomic mass is 19.1. The van der Waals surface area contributed by atoms with Crippen molar-refractivity contribution in [1.82, 2.24) is 0 Å². The van der Waals surface area contributed by atoms with Gasteiger partial charge in [0.2, 0.25) is 0 Å². The van der Waals surface area contributed by atoms with Crippen molar-refractivity contribution in [2.75, 3.05) is 13.7 Å². The number of fused-ring (bicyclic) bond motifs is 1. The fraction of sp³-hybridized carbons (Fsp3) is 0.235. The smallest absolute Gasteiger partial charge is 0.172 e. The third-order valence-electron chi connectivity index (χ3n) is 3.69. The summed E-state index contributed by atoms with van der Waals surface area (Å²) in [5.74, 6) is 0.0525. The van der Waals surface area contributed by atoms with Gasteiger partial charge in [-0.2, -0.15) is 0 Å². The van der Waals surface area contributed by atoms with E-state index in [1.165, 1.54) is 19.2 Å². The molecule has 0 saturated heterocycles. The largest absolute Gasteiger partial charge is 0.497 e. The van der Waals surface area contributed by atoms with Crippen molar-refractivity contribution < 1.29 is 18.7 Å². The number of carbonyl (C=O) groups excluding carboxylic acids is 1. The maximum atomic E-state index is 14.0. The predicted octanol–water partition coefficient (Wildman–Crippen LogP) is 3.27. The van der Waals surface area contributed by atoms with Crippen LogP contribution in [0.2, 0.25) is 0 Å². The van der Waals surface area contributed by atoms with Crippen LogP contribution in [0.25, 0.3) is 0 Å². The predicted molar refractivity (Wildman–Crippen MR) is 76.4 cm³/mol. The second-order valence-electron chi connectivity index (χ2n) is 5.03. The number of benzene rings is 2. The van der Waals surface area contributed by atoms with E-state index < -0.39 is 5.82 Å². The molecule has 0 N–H and O–H groups in total. The quantitative estimate of drug-likeness (QED) is 0.812. The third kappa shape index (κ3) is 2.61. The molecule has 108 valence electrons. The van der Waals surface area contributed by atoms with Gasteiger partial charge in [0.15, 0.2) is 5.78 Å². The van der Waals surface area contributed by atoms with Crippen LogP contribution < -0.4 is 9.47 Å². The Bertz CT molecular complexity index is 681. The molecule has 0 aromatic heterocycles. The van der Waals surface area contributed by atoms with Gasteiger partial charge in [0, 0.05) is 6.07 Å². The van der Waals surface area contributed by atoms with Crippen LogP contribution in [-0.4, -0.2) is 19.5 Å². The maximum absolute atomic E-state index is 14.0. The first-order valence-corrected chi connectivity index (χ1v) is 6.77. The number of halogens is 1. The van der Waals surface area contributed by atoms with Crippen LogP contribution >= 0.6 is 0 Å². The number of Topliss-reactive ketones (excluding diaryl/α,β-unsaturated/α-hetero) is 1. The number of rotatable bonds is 3. The molecule has 1 atom stereocenters. The number of methoxy groups -OCH3 is 1. The van der Waals surface area contributed by atoms with Crippen LogP contribution in [0.15, 0.2) is 42.5 Å². The van der Waals surface area contributed by atoms with Crippen LogP contribution in [0.5, 0.6) is 11.5 Å². The van der Waals surface area contributed by atoms with E-state index in [2.05, 4.69) is 0 Å². The SMILES string of the molecule is COc1ccc(C(=O)C2COc3ccccc3C2)c(F)c1. The zero-order chi connectivity index (χ0) is 14.8. The Balaban J connectivity index is 1.84. The van der Waals surface area contributed by atoms with Crippen LogP contribution in [0, 0.1) is 11.7 Å². The van der Waals surface area contributed by atoms with Crippen molar-refractivity contribution in [3.8, 4) is 11.5 Å². The number of hydrogen-bond donors (Lipinski definition) is 0. The first-order chi connectivity index (χ1) is 10.2. The molecule has 21 heavy (non-hydrogen) atoms. The van der Waals surface area contributed by atoms with E-state index in [1.54, 1.807) is 6.07 Å². The monoisotopic (exact) mass is 286 g/mol. The van der Waals surface area contributed by atoms with Crippen molar-refractivity contribution in [3.63, 3.8) is 0 Å². The van der Waals surface area contributed by atoms with Crippen LogP contribution in [-0.2, 0) is 6.42 Å². The molecule has 3 rings (SSSR count). The minimum absolute atomic E-state index is 0.0868. The van der Waals surface area contributed by atoms with Crippen LogP contribution in [0.3, 0.4) is 0 Å². The molecular formula is C17H15FO3. The average molecular weight is 286 g/mol. The van der Waals surface area contributed by atoms with E-state index in [4.69, 9.17) is 9.47 Å². The van der Waals surface area contributed by atoms with Gasteiger partial charge in [-0.25, -0.2) is 4.39 Å². The molecule has 1 unspecified atom stereocenters. The third-order valence-corrected chi connectivity index (χ3v) is 3.69. The van der Waals surface area contributed by atoms with Gasteiger partial charge >= 0.3 is 0 Å². The second-order valence-corrected chi connectivity index (χ2v) is 5.03. The Morgan fingerprint density at radius 1 is 1.29 bits per heavy atom. The molecular weight excluding hydrogens is 271 g/mol. The highest BCUT2D eigenvalue weighted by Gasteiger charge is 2.28. The van der Waals surface area contributed by atoms with E-state index in [0.717, 1.165) is 11.3 Å². The zero-order valence-electron chi connectivity index (χ0n) is 11.6. The Morgan fingerprint density at radius 3 is 2.86 bits per heavy atom. The summed E-state index contributed by atoms with van der Waals surface area (Å²) in [5.41, 5.74) is 1.07. The molecule has 0 aliphatic carbocycles. The highest BCUT2D eigenvalue weighted by Crippen LogP contribution is 2.29. The highest BCUT2D eigenvalue weighted by molar-refractivity contribution is 5.98. The number of ether oxygens (including phenoxy) is 2. The van der Waals surface area contributed by atoms with Gasteiger partial charge in [0.25, 0.3) is 0 Å². The van der Waals surface area contributed by atoms with Gasteiger partial charge in [0.1, 0.15) is 17.3 Å². The fourth-order valence-electron chi connectivity index (χ4n) is 2.54.